The second-order valence-corrected chi connectivity index (χ2v) is 5.89. The molecule has 22 heavy (non-hydrogen) atoms. The maximum atomic E-state index is 14.1. The van der Waals surface area contributed by atoms with E-state index in [9.17, 15) is 9.18 Å². The van der Waals surface area contributed by atoms with Gasteiger partial charge in [-0.1, -0.05) is 29.8 Å². The van der Waals surface area contributed by atoms with E-state index in [4.69, 9.17) is 11.6 Å². The molecule has 0 atom stereocenters. The number of hydrogen-bond donors (Lipinski definition) is 0. The van der Waals surface area contributed by atoms with Gasteiger partial charge in [-0.05, 0) is 40.2 Å². The van der Waals surface area contributed by atoms with Crippen LogP contribution < -0.4 is 5.69 Å². The second kappa shape index (κ2) is 5.70. The Kier molecular flexibility index (Phi) is 3.88. The summed E-state index contributed by atoms with van der Waals surface area (Å²) < 4.78 is 17.3. The Morgan fingerprint density at radius 1 is 1.18 bits per heavy atom. The zero-order valence-electron chi connectivity index (χ0n) is 11.4. The first-order valence-electron chi connectivity index (χ1n) is 6.36. The summed E-state index contributed by atoms with van der Waals surface area (Å²) in [6, 6.07) is 11.5. The molecule has 0 N–H and O–H groups in total. The van der Waals surface area contributed by atoms with Crippen molar-refractivity contribution in [3.63, 3.8) is 0 Å². The third-order valence-corrected chi connectivity index (χ3v) is 4.23. The summed E-state index contributed by atoms with van der Waals surface area (Å²) >= 11 is 9.44. The second-order valence-electron chi connectivity index (χ2n) is 4.63. The molecule has 7 heteroatoms. The minimum Gasteiger partial charge on any atom is -0.278 e. The molecule has 1 heterocycles. The highest BCUT2D eigenvalue weighted by Crippen LogP contribution is 2.29. The zero-order chi connectivity index (χ0) is 15.9. The number of rotatable bonds is 2. The van der Waals surface area contributed by atoms with Crippen LogP contribution in [0.5, 0.6) is 0 Å². The van der Waals surface area contributed by atoms with Crippen molar-refractivity contribution in [3.8, 4) is 17.1 Å². The van der Waals surface area contributed by atoms with Crippen molar-refractivity contribution in [2.24, 2.45) is 7.05 Å². The van der Waals surface area contributed by atoms with E-state index in [0.29, 0.717) is 10.2 Å². The smallest absolute Gasteiger partial charge is 0.278 e. The largest absolute Gasteiger partial charge is 0.350 e. The highest BCUT2D eigenvalue weighted by Gasteiger charge is 2.19. The van der Waals surface area contributed by atoms with Crippen molar-refractivity contribution in [1.82, 2.24) is 14.3 Å². The van der Waals surface area contributed by atoms with Gasteiger partial charge in [-0.2, -0.15) is 4.68 Å². The molecule has 0 aliphatic rings. The normalized spacial score (nSPS) is 10.9. The van der Waals surface area contributed by atoms with Gasteiger partial charge in [0.1, 0.15) is 5.82 Å². The summed E-state index contributed by atoms with van der Waals surface area (Å²) in [4.78, 5) is 12.4. The van der Waals surface area contributed by atoms with Gasteiger partial charge in [0, 0.05) is 11.5 Å². The lowest BCUT2D eigenvalue weighted by molar-refractivity contribution is 0.628. The number of benzene rings is 2. The summed E-state index contributed by atoms with van der Waals surface area (Å²) in [6.45, 7) is 0. The van der Waals surface area contributed by atoms with Crippen LogP contribution in [0.2, 0.25) is 5.02 Å². The van der Waals surface area contributed by atoms with E-state index in [1.165, 1.54) is 28.4 Å². The van der Waals surface area contributed by atoms with E-state index in [0.717, 1.165) is 0 Å². The number of para-hydroxylation sites is 1. The zero-order valence-corrected chi connectivity index (χ0v) is 13.8. The summed E-state index contributed by atoms with van der Waals surface area (Å²) in [5, 5.41) is 4.45. The van der Waals surface area contributed by atoms with Crippen LogP contribution in [0.25, 0.3) is 17.1 Å². The summed E-state index contributed by atoms with van der Waals surface area (Å²) in [6.07, 6.45) is 0. The Bertz CT molecular complexity index is 899. The maximum Gasteiger partial charge on any atom is 0.350 e. The molecule has 0 fully saturated rings. The average molecular weight is 383 g/mol. The van der Waals surface area contributed by atoms with Crippen molar-refractivity contribution in [1.29, 1.82) is 0 Å². The van der Waals surface area contributed by atoms with Crippen molar-refractivity contribution in [2.75, 3.05) is 0 Å². The van der Waals surface area contributed by atoms with E-state index < -0.39 is 5.82 Å². The van der Waals surface area contributed by atoms with Gasteiger partial charge in [0.25, 0.3) is 0 Å². The third kappa shape index (κ3) is 2.38. The van der Waals surface area contributed by atoms with Crippen LogP contribution in [-0.2, 0) is 7.05 Å². The van der Waals surface area contributed by atoms with E-state index in [-0.39, 0.29) is 22.1 Å². The van der Waals surface area contributed by atoms with Gasteiger partial charge in [-0.15, -0.1) is 5.10 Å². The topological polar surface area (TPSA) is 39.8 Å². The number of hydrogen-bond acceptors (Lipinski definition) is 2. The fraction of sp³-hybridized carbons (Fsp3) is 0.0667. The predicted molar refractivity (Wildman–Crippen MR) is 86.9 cm³/mol. The molecule has 112 valence electrons. The molecule has 2 aromatic carbocycles. The monoisotopic (exact) mass is 381 g/mol. The highest BCUT2D eigenvalue weighted by molar-refractivity contribution is 9.10. The first-order chi connectivity index (χ1) is 10.5. The minimum atomic E-state index is -0.528. The molecule has 0 spiro atoms. The van der Waals surface area contributed by atoms with Crippen LogP contribution in [-0.4, -0.2) is 14.3 Å². The van der Waals surface area contributed by atoms with Gasteiger partial charge in [-0.3, -0.25) is 4.57 Å². The quantitative estimate of drug-likeness (QED) is 0.676. The first-order valence-corrected chi connectivity index (χ1v) is 7.53. The van der Waals surface area contributed by atoms with E-state index in [1.807, 2.05) is 6.07 Å². The molecular formula is C15H10BrClFN3O. The fourth-order valence-electron chi connectivity index (χ4n) is 2.15. The molecule has 0 unspecified atom stereocenters. The first kappa shape index (κ1) is 15.0. The molecule has 0 aliphatic carbocycles. The lowest BCUT2D eigenvalue weighted by Crippen LogP contribution is -2.22. The van der Waals surface area contributed by atoms with Crippen molar-refractivity contribution < 1.29 is 4.39 Å². The van der Waals surface area contributed by atoms with Gasteiger partial charge in [0.05, 0.1) is 16.3 Å². The Labute approximate surface area is 138 Å². The molecule has 3 aromatic rings. The number of halogens is 3. The van der Waals surface area contributed by atoms with E-state index >= 15 is 0 Å². The van der Waals surface area contributed by atoms with Crippen LogP contribution in [0.4, 0.5) is 4.39 Å². The average Bonchev–Trinajstić information content (AvgIpc) is 2.76. The molecule has 0 aliphatic heterocycles. The molecule has 0 amide bonds. The number of nitrogens with zero attached hydrogens (tertiary/aromatic N) is 3. The van der Waals surface area contributed by atoms with Crippen LogP contribution in [0.15, 0.2) is 51.7 Å². The van der Waals surface area contributed by atoms with Gasteiger partial charge in [0.2, 0.25) is 0 Å². The third-order valence-electron chi connectivity index (χ3n) is 3.25. The Hall–Kier alpha value is -1.92. The molecule has 0 saturated carbocycles. The lowest BCUT2D eigenvalue weighted by Gasteiger charge is -2.04. The summed E-state index contributed by atoms with van der Waals surface area (Å²) in [5.41, 5.74) is 0.289. The molecule has 4 nitrogen and oxygen atoms in total. The molecule has 3 rings (SSSR count). The molecule has 0 radical (unpaired) electrons. The Morgan fingerprint density at radius 2 is 1.91 bits per heavy atom. The van der Waals surface area contributed by atoms with Gasteiger partial charge in [0.15, 0.2) is 5.82 Å². The molecule has 0 saturated heterocycles. The fourth-order valence-corrected chi connectivity index (χ4v) is 2.85. The van der Waals surface area contributed by atoms with Crippen molar-refractivity contribution in [2.45, 2.75) is 0 Å². The van der Waals surface area contributed by atoms with E-state index in [1.54, 1.807) is 24.3 Å². The van der Waals surface area contributed by atoms with Gasteiger partial charge in [-0.25, -0.2) is 9.18 Å². The van der Waals surface area contributed by atoms with Crippen molar-refractivity contribution >= 4 is 27.5 Å². The van der Waals surface area contributed by atoms with Crippen LogP contribution in [0.3, 0.4) is 0 Å². The maximum absolute atomic E-state index is 14.1. The molecule has 0 bridgehead atoms. The van der Waals surface area contributed by atoms with Crippen molar-refractivity contribution in [3.05, 3.63) is 68.3 Å². The Morgan fingerprint density at radius 3 is 2.59 bits per heavy atom. The number of aromatic nitrogens is 3. The van der Waals surface area contributed by atoms with Crippen LogP contribution >= 0.6 is 27.5 Å². The summed E-state index contributed by atoms with van der Waals surface area (Å²) in [5.74, 6) is -0.358. The highest BCUT2D eigenvalue weighted by atomic mass is 79.9. The van der Waals surface area contributed by atoms with Gasteiger partial charge < -0.3 is 0 Å². The van der Waals surface area contributed by atoms with Gasteiger partial charge >= 0.3 is 5.69 Å². The standard InChI is InChI=1S/C15H10BrClFN3O/c1-20-14(13-10(17)6-4-7-11(13)18)19-21(15(20)22)12-8-3-2-5-9(12)16/h2-8H,1H3. The van der Waals surface area contributed by atoms with Crippen LogP contribution in [0.1, 0.15) is 0 Å². The van der Waals surface area contributed by atoms with Crippen LogP contribution in [0, 0.1) is 5.82 Å². The van der Waals surface area contributed by atoms with E-state index in [2.05, 4.69) is 21.0 Å². The Balaban J connectivity index is 2.28. The lowest BCUT2D eigenvalue weighted by atomic mass is 10.2. The molecule has 1 aromatic heterocycles. The SMILES string of the molecule is Cn1c(-c2c(F)cccc2Cl)nn(-c2ccccc2Br)c1=O. The predicted octanol–water partition coefficient (Wildman–Crippen LogP) is 3.79. The summed E-state index contributed by atoms with van der Waals surface area (Å²) in [7, 11) is 1.53. The minimum absolute atomic E-state index is 0.106. The molecular weight excluding hydrogens is 373 g/mol.